The number of piperidine rings is 1. The maximum absolute atomic E-state index is 13.5. The molecule has 3 amide bonds. The van der Waals surface area contributed by atoms with Gasteiger partial charge in [0, 0.05) is 23.4 Å². The van der Waals surface area contributed by atoms with E-state index in [9.17, 15) is 14.4 Å². The molecule has 0 aromatic heterocycles. The van der Waals surface area contributed by atoms with Crippen LogP contribution in [0.4, 0.5) is 5.69 Å². The average Bonchev–Trinajstić information content (AvgIpc) is 3.36. The molecule has 0 bridgehead atoms. The van der Waals surface area contributed by atoms with Gasteiger partial charge in [0.2, 0.25) is 11.8 Å². The Bertz CT molecular complexity index is 1080. The number of carbonyl (C=O) groups is 3. The van der Waals surface area contributed by atoms with Crippen LogP contribution < -0.4 is 10.6 Å². The first-order valence-electron chi connectivity index (χ1n) is 11.7. The Labute approximate surface area is 198 Å². The average molecular weight is 464 g/mol. The number of anilines is 1. The second-order valence-electron chi connectivity index (χ2n) is 9.20. The van der Waals surface area contributed by atoms with E-state index in [-0.39, 0.29) is 29.7 Å². The standard InChI is InChI=1S/C26H29N3O3S/c1-33-20-9-6-16(7-10-20)18-8-11-22-21(14-18)26(32)29-13-12-19(15-23(29)25(31)28-22)27-24(30)17-4-2-3-5-17/h6-11,14,17,19,23H,2-5,12-13,15H2,1H3,(H,27,30)(H,28,31). The van der Waals surface area contributed by atoms with Gasteiger partial charge in [-0.1, -0.05) is 31.0 Å². The fourth-order valence-corrected chi connectivity index (χ4v) is 5.67. The summed E-state index contributed by atoms with van der Waals surface area (Å²) in [5.41, 5.74) is 3.05. The molecule has 2 aromatic carbocycles. The summed E-state index contributed by atoms with van der Waals surface area (Å²) < 4.78 is 0. The smallest absolute Gasteiger partial charge is 0.256 e. The second-order valence-corrected chi connectivity index (χ2v) is 10.1. The second kappa shape index (κ2) is 9.21. The molecule has 0 radical (unpaired) electrons. The van der Waals surface area contributed by atoms with Gasteiger partial charge in [0.15, 0.2) is 0 Å². The number of rotatable bonds is 4. The molecule has 33 heavy (non-hydrogen) atoms. The number of hydrogen-bond acceptors (Lipinski definition) is 4. The lowest BCUT2D eigenvalue weighted by molar-refractivity contribution is -0.127. The van der Waals surface area contributed by atoms with Crippen LogP contribution in [0.15, 0.2) is 47.4 Å². The highest BCUT2D eigenvalue weighted by molar-refractivity contribution is 7.98. The molecule has 1 saturated heterocycles. The molecule has 7 heteroatoms. The van der Waals surface area contributed by atoms with Crippen molar-refractivity contribution in [3.05, 3.63) is 48.0 Å². The van der Waals surface area contributed by atoms with Gasteiger partial charge in [-0.2, -0.15) is 0 Å². The number of nitrogens with one attached hydrogen (secondary N) is 2. The Morgan fingerprint density at radius 3 is 2.48 bits per heavy atom. The molecule has 2 fully saturated rings. The van der Waals surface area contributed by atoms with Crippen LogP contribution in [-0.4, -0.2) is 47.5 Å². The van der Waals surface area contributed by atoms with E-state index in [2.05, 4.69) is 34.9 Å². The summed E-state index contributed by atoms with van der Waals surface area (Å²) in [6.45, 7) is 0.457. The van der Waals surface area contributed by atoms with Crippen LogP contribution in [0.25, 0.3) is 11.1 Å². The van der Waals surface area contributed by atoms with Gasteiger partial charge in [-0.15, -0.1) is 11.8 Å². The Morgan fingerprint density at radius 2 is 1.76 bits per heavy atom. The largest absolute Gasteiger partial charge is 0.353 e. The van der Waals surface area contributed by atoms with Gasteiger partial charge in [0.1, 0.15) is 6.04 Å². The SMILES string of the molecule is CSc1ccc(-c2ccc3c(c2)C(=O)N2CCC(NC(=O)C4CCCC4)CC2C(=O)N3)cc1. The highest BCUT2D eigenvalue weighted by Gasteiger charge is 2.40. The van der Waals surface area contributed by atoms with Crippen LogP contribution >= 0.6 is 11.8 Å². The van der Waals surface area contributed by atoms with Gasteiger partial charge < -0.3 is 15.5 Å². The maximum Gasteiger partial charge on any atom is 0.256 e. The summed E-state index contributed by atoms with van der Waals surface area (Å²) in [5, 5.41) is 6.11. The van der Waals surface area contributed by atoms with Crippen LogP contribution in [0.3, 0.4) is 0 Å². The molecule has 2 heterocycles. The molecule has 2 N–H and O–H groups in total. The van der Waals surface area contributed by atoms with Crippen LogP contribution in [0.1, 0.15) is 48.9 Å². The zero-order chi connectivity index (χ0) is 22.9. The van der Waals surface area contributed by atoms with Crippen molar-refractivity contribution < 1.29 is 14.4 Å². The third-order valence-electron chi connectivity index (χ3n) is 7.17. The van der Waals surface area contributed by atoms with Gasteiger partial charge in [0.25, 0.3) is 5.91 Å². The van der Waals surface area contributed by atoms with Gasteiger partial charge >= 0.3 is 0 Å². The first-order valence-corrected chi connectivity index (χ1v) is 13.0. The molecule has 1 aliphatic carbocycles. The molecule has 1 saturated carbocycles. The van der Waals surface area contributed by atoms with Crippen molar-refractivity contribution in [3.63, 3.8) is 0 Å². The number of amides is 3. The van der Waals surface area contributed by atoms with Crippen molar-refractivity contribution >= 4 is 35.2 Å². The first kappa shape index (κ1) is 22.0. The molecule has 3 aliphatic rings. The minimum absolute atomic E-state index is 0.0791. The summed E-state index contributed by atoms with van der Waals surface area (Å²) in [5.74, 6) is -0.109. The number of hydrogen-bond donors (Lipinski definition) is 2. The first-order chi connectivity index (χ1) is 16.0. The molecule has 6 nitrogen and oxygen atoms in total. The quantitative estimate of drug-likeness (QED) is 0.663. The molecular weight excluding hydrogens is 434 g/mol. The van der Waals surface area contributed by atoms with E-state index in [1.165, 1.54) is 4.90 Å². The predicted octanol–water partition coefficient (Wildman–Crippen LogP) is 4.31. The summed E-state index contributed by atoms with van der Waals surface area (Å²) in [6, 6.07) is 13.2. The van der Waals surface area contributed by atoms with E-state index in [0.29, 0.717) is 30.6 Å². The molecule has 0 spiro atoms. The lowest BCUT2D eigenvalue weighted by Crippen LogP contribution is -2.55. The summed E-state index contributed by atoms with van der Waals surface area (Å²) in [6.07, 6.45) is 7.27. The minimum atomic E-state index is -0.572. The molecule has 172 valence electrons. The zero-order valence-corrected chi connectivity index (χ0v) is 19.6. The molecule has 2 unspecified atom stereocenters. The van der Waals surface area contributed by atoms with Gasteiger partial charge in [-0.3, -0.25) is 14.4 Å². The lowest BCUT2D eigenvalue weighted by atomic mass is 9.95. The summed E-state index contributed by atoms with van der Waals surface area (Å²) in [4.78, 5) is 42.0. The van der Waals surface area contributed by atoms with Gasteiger partial charge in [-0.05, 0) is 67.3 Å². The third kappa shape index (κ3) is 4.38. The van der Waals surface area contributed by atoms with Crippen molar-refractivity contribution in [2.45, 2.75) is 55.5 Å². The van der Waals surface area contributed by atoms with E-state index in [1.807, 2.05) is 24.5 Å². The summed E-state index contributed by atoms with van der Waals surface area (Å²) in [7, 11) is 0. The number of nitrogens with zero attached hydrogens (tertiary/aromatic N) is 1. The van der Waals surface area contributed by atoms with Crippen molar-refractivity contribution in [2.24, 2.45) is 5.92 Å². The van der Waals surface area contributed by atoms with Crippen LogP contribution in [0.2, 0.25) is 0 Å². The van der Waals surface area contributed by atoms with Crippen LogP contribution in [-0.2, 0) is 9.59 Å². The Kier molecular flexibility index (Phi) is 6.15. The van der Waals surface area contributed by atoms with Crippen molar-refractivity contribution in [2.75, 3.05) is 18.1 Å². The molecule has 2 aliphatic heterocycles. The number of carbonyl (C=O) groups excluding carboxylic acids is 3. The van der Waals surface area contributed by atoms with Crippen molar-refractivity contribution in [3.8, 4) is 11.1 Å². The molecular formula is C26H29N3O3S. The summed E-state index contributed by atoms with van der Waals surface area (Å²) >= 11 is 1.69. The molecule has 5 rings (SSSR count). The highest BCUT2D eigenvalue weighted by Crippen LogP contribution is 2.33. The maximum atomic E-state index is 13.5. The molecule has 2 atom stereocenters. The van der Waals surface area contributed by atoms with Crippen molar-refractivity contribution in [1.82, 2.24) is 10.2 Å². The van der Waals surface area contributed by atoms with E-state index >= 15 is 0 Å². The Morgan fingerprint density at radius 1 is 1.03 bits per heavy atom. The number of fused-ring (bicyclic) bond motifs is 2. The Hall–Kier alpha value is -2.80. The fraction of sp³-hybridized carbons (Fsp3) is 0.423. The predicted molar refractivity (Wildman–Crippen MR) is 130 cm³/mol. The number of benzene rings is 2. The van der Waals surface area contributed by atoms with Crippen LogP contribution in [0, 0.1) is 5.92 Å². The van der Waals surface area contributed by atoms with E-state index in [4.69, 9.17) is 0 Å². The van der Waals surface area contributed by atoms with Gasteiger partial charge in [0.05, 0.1) is 11.3 Å². The van der Waals surface area contributed by atoms with E-state index in [1.54, 1.807) is 16.7 Å². The lowest BCUT2D eigenvalue weighted by Gasteiger charge is -2.37. The zero-order valence-electron chi connectivity index (χ0n) is 18.8. The van der Waals surface area contributed by atoms with E-state index in [0.717, 1.165) is 36.8 Å². The van der Waals surface area contributed by atoms with Crippen molar-refractivity contribution in [1.29, 1.82) is 0 Å². The molecule has 2 aromatic rings. The topological polar surface area (TPSA) is 78.5 Å². The van der Waals surface area contributed by atoms with E-state index < -0.39 is 6.04 Å². The fourth-order valence-electron chi connectivity index (χ4n) is 5.26. The Balaban J connectivity index is 1.35. The monoisotopic (exact) mass is 463 g/mol. The van der Waals surface area contributed by atoms with Gasteiger partial charge in [-0.25, -0.2) is 0 Å². The highest BCUT2D eigenvalue weighted by atomic mass is 32.2. The normalized spacial score (nSPS) is 22.9. The minimum Gasteiger partial charge on any atom is -0.353 e. The third-order valence-corrected chi connectivity index (χ3v) is 7.91. The number of thioether (sulfide) groups is 1. The van der Waals surface area contributed by atoms with Crippen LogP contribution in [0.5, 0.6) is 0 Å².